The van der Waals surface area contributed by atoms with E-state index in [4.69, 9.17) is 13.6 Å². The number of nitro groups is 1. The summed E-state index contributed by atoms with van der Waals surface area (Å²) in [5, 5.41) is 10.6. The van der Waals surface area contributed by atoms with Crippen LogP contribution in [0.2, 0.25) is 0 Å². The van der Waals surface area contributed by atoms with Crippen molar-refractivity contribution in [2.45, 2.75) is 18.7 Å². The smallest absolute Gasteiger partial charge is 0.404 e. The third-order valence-electron chi connectivity index (χ3n) is 3.74. The predicted octanol–water partition coefficient (Wildman–Crippen LogP) is 5.28. The Morgan fingerprint density at radius 2 is 1.89 bits per heavy atom. The van der Waals surface area contributed by atoms with Crippen molar-refractivity contribution in [3.05, 3.63) is 69.8 Å². The van der Waals surface area contributed by atoms with E-state index in [-0.39, 0.29) is 30.0 Å². The van der Waals surface area contributed by atoms with Gasteiger partial charge in [-0.25, -0.2) is 4.57 Å². The van der Waals surface area contributed by atoms with Crippen molar-refractivity contribution in [2.24, 2.45) is 0 Å². The summed E-state index contributed by atoms with van der Waals surface area (Å²) >= 11 is 0. The van der Waals surface area contributed by atoms with Crippen molar-refractivity contribution in [3.63, 3.8) is 0 Å². The molecule has 0 N–H and O–H groups in total. The molecular formula is C16H13F3NO6P. The second kappa shape index (κ2) is 7.30. The highest BCUT2D eigenvalue weighted by Gasteiger charge is 2.38. The summed E-state index contributed by atoms with van der Waals surface area (Å²) in [7, 11) is -4.10. The molecule has 1 aliphatic rings. The number of phosphoric acid groups is 1. The number of benzene rings is 2. The molecule has 2 aromatic rings. The van der Waals surface area contributed by atoms with Crippen molar-refractivity contribution in [3.8, 4) is 5.75 Å². The average Bonchev–Trinajstić information content (AvgIpc) is 2.61. The van der Waals surface area contributed by atoms with E-state index in [2.05, 4.69) is 0 Å². The first kappa shape index (κ1) is 19.3. The molecule has 2 atom stereocenters. The Hall–Kier alpha value is -2.42. The molecule has 1 fully saturated rings. The van der Waals surface area contributed by atoms with E-state index in [1.54, 1.807) is 0 Å². The molecule has 0 bridgehead atoms. The molecule has 0 spiro atoms. The van der Waals surface area contributed by atoms with Gasteiger partial charge in [-0.05, 0) is 29.8 Å². The van der Waals surface area contributed by atoms with Gasteiger partial charge in [-0.3, -0.25) is 19.2 Å². The van der Waals surface area contributed by atoms with Gasteiger partial charge in [-0.15, -0.1) is 0 Å². The van der Waals surface area contributed by atoms with Crippen molar-refractivity contribution >= 4 is 13.5 Å². The molecule has 1 aliphatic heterocycles. The van der Waals surface area contributed by atoms with Gasteiger partial charge in [-0.1, -0.05) is 12.1 Å². The summed E-state index contributed by atoms with van der Waals surface area (Å²) in [6.45, 7) is -0.0504. The molecule has 0 radical (unpaired) electrons. The maximum atomic E-state index is 12.9. The predicted molar refractivity (Wildman–Crippen MR) is 87.2 cm³/mol. The number of hydrogen-bond acceptors (Lipinski definition) is 6. The van der Waals surface area contributed by atoms with Crippen LogP contribution in [0.4, 0.5) is 18.9 Å². The zero-order valence-electron chi connectivity index (χ0n) is 13.6. The number of alkyl halides is 3. The normalized spacial score (nSPS) is 23.0. The van der Waals surface area contributed by atoms with Gasteiger partial charge >= 0.3 is 14.0 Å². The molecule has 2 unspecified atom stereocenters. The van der Waals surface area contributed by atoms with E-state index in [9.17, 15) is 27.9 Å². The van der Waals surface area contributed by atoms with Crippen LogP contribution in [-0.4, -0.2) is 11.5 Å². The maximum absolute atomic E-state index is 12.9. The average molecular weight is 403 g/mol. The molecule has 2 aromatic carbocycles. The number of nitro benzene ring substituents is 1. The maximum Gasteiger partial charge on any atom is 0.530 e. The lowest BCUT2D eigenvalue weighted by Gasteiger charge is -2.29. The van der Waals surface area contributed by atoms with Crippen LogP contribution in [0.25, 0.3) is 0 Å². The van der Waals surface area contributed by atoms with Crippen LogP contribution in [0, 0.1) is 10.1 Å². The van der Waals surface area contributed by atoms with E-state index in [1.807, 2.05) is 0 Å². The molecule has 0 aliphatic carbocycles. The summed E-state index contributed by atoms with van der Waals surface area (Å²) in [6.07, 6.45) is -5.24. The van der Waals surface area contributed by atoms with Crippen molar-refractivity contribution in [2.75, 3.05) is 6.61 Å². The molecule has 7 nitrogen and oxygen atoms in total. The van der Waals surface area contributed by atoms with E-state index < -0.39 is 30.6 Å². The minimum Gasteiger partial charge on any atom is -0.404 e. The van der Waals surface area contributed by atoms with Gasteiger partial charge in [0.25, 0.3) is 5.69 Å². The lowest BCUT2D eigenvalue weighted by Crippen LogP contribution is -2.17. The highest BCUT2D eigenvalue weighted by Crippen LogP contribution is 2.56. The Labute approximate surface area is 151 Å². The summed E-state index contributed by atoms with van der Waals surface area (Å²) < 4.78 is 66.8. The summed E-state index contributed by atoms with van der Waals surface area (Å²) in [4.78, 5) is 10.0. The van der Waals surface area contributed by atoms with Gasteiger partial charge in [0.1, 0.15) is 5.75 Å². The van der Waals surface area contributed by atoms with Gasteiger partial charge in [0.15, 0.2) is 0 Å². The zero-order valence-corrected chi connectivity index (χ0v) is 14.5. The number of hydrogen-bond donors (Lipinski definition) is 0. The summed E-state index contributed by atoms with van der Waals surface area (Å²) in [5.74, 6) is 0.00799. The van der Waals surface area contributed by atoms with Crippen LogP contribution >= 0.6 is 7.82 Å². The Balaban J connectivity index is 1.77. The molecule has 0 aromatic heterocycles. The number of nitrogens with zero attached hydrogens (tertiary/aromatic N) is 1. The van der Waals surface area contributed by atoms with E-state index in [0.717, 1.165) is 24.3 Å². The first-order valence-corrected chi connectivity index (χ1v) is 9.16. The highest BCUT2D eigenvalue weighted by molar-refractivity contribution is 7.49. The third-order valence-corrected chi connectivity index (χ3v) is 5.18. The fourth-order valence-electron chi connectivity index (χ4n) is 2.46. The van der Waals surface area contributed by atoms with Crippen LogP contribution in [0.3, 0.4) is 0 Å². The largest absolute Gasteiger partial charge is 0.530 e. The molecule has 1 heterocycles. The quantitative estimate of drug-likeness (QED) is 0.392. The number of non-ortho nitro benzene ring substituents is 1. The van der Waals surface area contributed by atoms with Crippen LogP contribution in [0.1, 0.15) is 23.7 Å². The molecule has 1 saturated heterocycles. The Bertz CT molecular complexity index is 886. The number of halogens is 3. The summed E-state index contributed by atoms with van der Waals surface area (Å²) in [5.41, 5.74) is -0.838. The fourth-order valence-corrected chi connectivity index (χ4v) is 3.86. The monoisotopic (exact) mass is 403 g/mol. The second-order valence-electron chi connectivity index (χ2n) is 5.63. The standard InChI is InChI=1S/C16H13F3NO6P/c17-16(18,19)12-3-1-2-11(10-12)15-8-9-24-27(23,26-15)25-14-6-4-13(5-7-14)20(21)22/h1-7,10,15H,8-9H2. The SMILES string of the molecule is O=[N+]([O-])c1ccc(OP2(=O)OCCC(c3cccc(C(F)(F)F)c3)O2)cc1. The fraction of sp³-hybridized carbons (Fsp3) is 0.250. The Morgan fingerprint density at radius 1 is 1.19 bits per heavy atom. The minimum atomic E-state index is -4.51. The minimum absolute atomic E-state index is 0.00799. The number of rotatable bonds is 4. The van der Waals surface area contributed by atoms with Gasteiger partial charge in [0, 0.05) is 18.6 Å². The number of phosphoric ester groups is 1. The van der Waals surface area contributed by atoms with Gasteiger partial charge in [-0.2, -0.15) is 13.2 Å². The van der Waals surface area contributed by atoms with Crippen LogP contribution in [0.15, 0.2) is 48.5 Å². The summed E-state index contributed by atoms with van der Waals surface area (Å²) in [6, 6.07) is 9.25. The third kappa shape index (κ3) is 4.65. The van der Waals surface area contributed by atoms with Crippen LogP contribution < -0.4 is 4.52 Å². The van der Waals surface area contributed by atoms with Crippen molar-refractivity contribution in [1.29, 1.82) is 0 Å². The molecule has 27 heavy (non-hydrogen) atoms. The Kier molecular flexibility index (Phi) is 5.23. The first-order chi connectivity index (χ1) is 12.7. The van der Waals surface area contributed by atoms with Crippen molar-refractivity contribution < 1.29 is 36.2 Å². The van der Waals surface area contributed by atoms with Gasteiger partial charge < -0.3 is 4.52 Å². The first-order valence-electron chi connectivity index (χ1n) is 7.70. The molecule has 144 valence electrons. The zero-order chi connectivity index (χ0) is 19.7. The Morgan fingerprint density at radius 3 is 2.52 bits per heavy atom. The van der Waals surface area contributed by atoms with Gasteiger partial charge in [0.2, 0.25) is 0 Å². The molecule has 3 rings (SSSR count). The molecule has 0 saturated carbocycles. The molecule has 11 heteroatoms. The molecular weight excluding hydrogens is 390 g/mol. The topological polar surface area (TPSA) is 87.9 Å². The van der Waals surface area contributed by atoms with Crippen molar-refractivity contribution in [1.82, 2.24) is 0 Å². The van der Waals surface area contributed by atoms with Crippen LogP contribution in [-0.2, 0) is 19.8 Å². The second-order valence-corrected chi connectivity index (χ2v) is 7.17. The molecule has 0 amide bonds. The highest BCUT2D eigenvalue weighted by atomic mass is 31.2. The van der Waals surface area contributed by atoms with Crippen LogP contribution in [0.5, 0.6) is 5.75 Å². The lowest BCUT2D eigenvalue weighted by molar-refractivity contribution is -0.384. The van der Waals surface area contributed by atoms with E-state index >= 15 is 0 Å². The van der Waals surface area contributed by atoms with E-state index in [0.29, 0.717) is 0 Å². The van der Waals surface area contributed by atoms with Gasteiger partial charge in [0.05, 0.1) is 23.2 Å². The lowest BCUT2D eigenvalue weighted by atomic mass is 10.0. The van der Waals surface area contributed by atoms with E-state index in [1.165, 1.54) is 24.3 Å².